The van der Waals surface area contributed by atoms with Gasteiger partial charge in [-0.15, -0.1) is 0 Å². The summed E-state index contributed by atoms with van der Waals surface area (Å²) in [5.74, 6) is 2.41. The van der Waals surface area contributed by atoms with Crippen LogP contribution in [0.25, 0.3) is 0 Å². The van der Waals surface area contributed by atoms with Crippen molar-refractivity contribution in [3.8, 4) is 0 Å². The zero-order valence-electron chi connectivity index (χ0n) is 11.6. The minimum Gasteiger partial charge on any atom is -0.322 e. The Hall–Kier alpha value is -0.420. The fourth-order valence-electron chi connectivity index (χ4n) is 3.87. The van der Waals surface area contributed by atoms with E-state index in [9.17, 15) is 9.00 Å². The van der Waals surface area contributed by atoms with E-state index in [0.29, 0.717) is 12.0 Å². The van der Waals surface area contributed by atoms with Crippen LogP contribution in [0.4, 0.5) is 0 Å². The number of hydrogen-bond donors (Lipinski definition) is 1. The van der Waals surface area contributed by atoms with Crippen LogP contribution in [0.3, 0.4) is 0 Å². The minimum absolute atomic E-state index is 0.0435. The molecular formula is C14H24N2O2S. The van der Waals surface area contributed by atoms with Crippen LogP contribution >= 0.6 is 0 Å². The Morgan fingerprint density at radius 3 is 2.42 bits per heavy atom. The van der Waals surface area contributed by atoms with Gasteiger partial charge in [0.25, 0.3) is 0 Å². The molecule has 0 spiro atoms. The molecule has 0 bridgehead atoms. The van der Waals surface area contributed by atoms with Crippen LogP contribution in [-0.2, 0) is 15.6 Å². The van der Waals surface area contributed by atoms with Gasteiger partial charge in [-0.05, 0) is 38.5 Å². The van der Waals surface area contributed by atoms with Crippen LogP contribution in [0.1, 0.15) is 45.4 Å². The molecule has 2 saturated heterocycles. The lowest BCUT2D eigenvalue weighted by Crippen LogP contribution is -2.50. The summed E-state index contributed by atoms with van der Waals surface area (Å²) in [6.07, 6.45) is 7.15. The molecule has 19 heavy (non-hydrogen) atoms. The lowest BCUT2D eigenvalue weighted by Gasteiger charge is -2.37. The first-order valence-electron chi connectivity index (χ1n) is 7.60. The third kappa shape index (κ3) is 2.59. The lowest BCUT2D eigenvalue weighted by molar-refractivity contribution is -0.133. The standard InChI is InChI=1S/C14H24N2O2S/c1-10-14(17)16(12-6-8-19(18)9-7-12)13(15-10)11-4-2-3-5-11/h10-13,15H,2-9H2,1H3. The molecule has 4 nitrogen and oxygen atoms in total. The molecule has 0 aromatic rings. The summed E-state index contributed by atoms with van der Waals surface area (Å²) in [7, 11) is -0.653. The zero-order chi connectivity index (χ0) is 13.4. The molecule has 3 aliphatic rings. The number of amides is 1. The third-order valence-corrected chi connectivity index (χ3v) is 6.32. The number of nitrogens with one attached hydrogen (secondary N) is 1. The largest absolute Gasteiger partial charge is 0.322 e. The molecule has 0 radical (unpaired) electrons. The highest BCUT2D eigenvalue weighted by atomic mass is 32.2. The van der Waals surface area contributed by atoms with Crippen molar-refractivity contribution in [2.75, 3.05) is 11.5 Å². The van der Waals surface area contributed by atoms with E-state index in [-0.39, 0.29) is 18.1 Å². The molecule has 3 fully saturated rings. The number of carbonyl (C=O) groups excluding carboxylic acids is 1. The average molecular weight is 284 g/mol. The summed E-state index contributed by atoms with van der Waals surface area (Å²) < 4.78 is 11.5. The molecular weight excluding hydrogens is 260 g/mol. The maximum absolute atomic E-state index is 12.4. The van der Waals surface area contributed by atoms with Gasteiger partial charge in [0.2, 0.25) is 5.91 Å². The molecule has 2 atom stereocenters. The van der Waals surface area contributed by atoms with Crippen LogP contribution in [0.5, 0.6) is 0 Å². The second kappa shape index (κ2) is 5.52. The Kier molecular flexibility index (Phi) is 3.94. The van der Waals surface area contributed by atoms with E-state index < -0.39 is 10.8 Å². The molecule has 2 unspecified atom stereocenters. The summed E-state index contributed by atoms with van der Waals surface area (Å²) in [5, 5.41) is 3.50. The van der Waals surface area contributed by atoms with Crippen molar-refractivity contribution < 1.29 is 9.00 Å². The monoisotopic (exact) mass is 284 g/mol. The van der Waals surface area contributed by atoms with Gasteiger partial charge in [-0.1, -0.05) is 12.8 Å². The van der Waals surface area contributed by atoms with Crippen molar-refractivity contribution in [1.29, 1.82) is 0 Å². The lowest BCUT2D eigenvalue weighted by atomic mass is 10.0. The molecule has 5 heteroatoms. The number of nitrogens with zero attached hydrogens (tertiary/aromatic N) is 1. The first-order valence-corrected chi connectivity index (χ1v) is 9.09. The van der Waals surface area contributed by atoms with Gasteiger partial charge in [-0.2, -0.15) is 0 Å². The van der Waals surface area contributed by atoms with Crippen LogP contribution in [0, 0.1) is 5.92 Å². The quantitative estimate of drug-likeness (QED) is 0.830. The molecule has 1 amide bonds. The first-order chi connectivity index (χ1) is 9.16. The Morgan fingerprint density at radius 2 is 1.79 bits per heavy atom. The first kappa shape index (κ1) is 13.6. The average Bonchev–Trinajstić information content (AvgIpc) is 3.01. The van der Waals surface area contributed by atoms with Crippen molar-refractivity contribution >= 4 is 16.7 Å². The van der Waals surface area contributed by atoms with Gasteiger partial charge in [0.1, 0.15) is 0 Å². The van der Waals surface area contributed by atoms with Crippen molar-refractivity contribution in [3.63, 3.8) is 0 Å². The van der Waals surface area contributed by atoms with Gasteiger partial charge in [0.15, 0.2) is 0 Å². The van der Waals surface area contributed by atoms with Crippen LogP contribution < -0.4 is 5.32 Å². The molecule has 1 N–H and O–H groups in total. The second-order valence-electron chi connectivity index (χ2n) is 6.20. The highest BCUT2D eigenvalue weighted by molar-refractivity contribution is 7.85. The van der Waals surface area contributed by atoms with Gasteiger partial charge in [0.05, 0.1) is 12.2 Å². The number of rotatable bonds is 2. The van der Waals surface area contributed by atoms with E-state index in [2.05, 4.69) is 10.2 Å². The molecule has 1 aliphatic carbocycles. The maximum Gasteiger partial charge on any atom is 0.240 e. The second-order valence-corrected chi connectivity index (χ2v) is 7.90. The summed E-state index contributed by atoms with van der Waals surface area (Å²) in [6, 6.07) is 0.270. The van der Waals surface area contributed by atoms with Gasteiger partial charge < -0.3 is 4.90 Å². The van der Waals surface area contributed by atoms with Crippen LogP contribution in [0.2, 0.25) is 0 Å². The molecule has 1 saturated carbocycles. The van der Waals surface area contributed by atoms with Gasteiger partial charge in [-0.3, -0.25) is 14.3 Å². The summed E-state index contributed by atoms with van der Waals surface area (Å²) >= 11 is 0. The van der Waals surface area contributed by atoms with Gasteiger partial charge in [0, 0.05) is 28.3 Å². The Morgan fingerprint density at radius 1 is 1.16 bits per heavy atom. The smallest absolute Gasteiger partial charge is 0.240 e. The van der Waals surface area contributed by atoms with Crippen molar-refractivity contribution in [3.05, 3.63) is 0 Å². The number of hydrogen-bond acceptors (Lipinski definition) is 3. The van der Waals surface area contributed by atoms with E-state index in [1.54, 1.807) is 0 Å². The van der Waals surface area contributed by atoms with Crippen molar-refractivity contribution in [2.45, 2.75) is 63.7 Å². The molecule has 2 heterocycles. The van der Waals surface area contributed by atoms with E-state index >= 15 is 0 Å². The predicted octanol–water partition coefficient (Wildman–Crippen LogP) is 1.23. The maximum atomic E-state index is 12.4. The summed E-state index contributed by atoms with van der Waals surface area (Å²) in [6.45, 7) is 1.98. The van der Waals surface area contributed by atoms with E-state index in [0.717, 1.165) is 24.3 Å². The number of carbonyl (C=O) groups is 1. The highest BCUT2D eigenvalue weighted by Gasteiger charge is 2.44. The van der Waals surface area contributed by atoms with Crippen LogP contribution in [-0.4, -0.2) is 44.8 Å². The summed E-state index contributed by atoms with van der Waals surface area (Å²) in [4.78, 5) is 14.6. The van der Waals surface area contributed by atoms with Gasteiger partial charge >= 0.3 is 0 Å². The molecule has 108 valence electrons. The van der Waals surface area contributed by atoms with Crippen molar-refractivity contribution in [2.24, 2.45) is 5.92 Å². The minimum atomic E-state index is -0.653. The van der Waals surface area contributed by atoms with Crippen LogP contribution in [0.15, 0.2) is 0 Å². The Bertz CT molecular complexity index is 372. The van der Waals surface area contributed by atoms with E-state index in [1.807, 2.05) is 6.92 Å². The summed E-state index contributed by atoms with van der Waals surface area (Å²) in [5.41, 5.74) is 0. The third-order valence-electron chi connectivity index (χ3n) is 4.94. The predicted molar refractivity (Wildman–Crippen MR) is 76.1 cm³/mol. The topological polar surface area (TPSA) is 49.4 Å². The van der Waals surface area contributed by atoms with E-state index in [1.165, 1.54) is 25.7 Å². The van der Waals surface area contributed by atoms with Gasteiger partial charge in [-0.25, -0.2) is 0 Å². The molecule has 0 aromatic carbocycles. The zero-order valence-corrected chi connectivity index (χ0v) is 12.5. The molecule has 0 aromatic heterocycles. The van der Waals surface area contributed by atoms with Crippen molar-refractivity contribution in [1.82, 2.24) is 10.2 Å². The molecule has 3 rings (SSSR count). The normalized spacial score (nSPS) is 41.1. The molecule has 2 aliphatic heterocycles. The van der Waals surface area contributed by atoms with E-state index in [4.69, 9.17) is 0 Å². The highest BCUT2D eigenvalue weighted by Crippen LogP contribution is 2.34. The SMILES string of the molecule is CC1NC(C2CCCC2)N(C2CCS(=O)CC2)C1=O. The Balaban J connectivity index is 1.75. The fourth-order valence-corrected chi connectivity index (χ4v) is 5.15. The fraction of sp³-hybridized carbons (Fsp3) is 0.929. The Labute approximate surface area is 117 Å².